The van der Waals surface area contributed by atoms with Gasteiger partial charge in [-0.1, -0.05) is 41.9 Å². The van der Waals surface area contributed by atoms with Crippen molar-refractivity contribution in [2.75, 3.05) is 24.6 Å². The lowest BCUT2D eigenvalue weighted by atomic mass is 10.2. The number of rotatable bonds is 8. The van der Waals surface area contributed by atoms with Gasteiger partial charge in [-0.25, -0.2) is 23.1 Å². The Balaban J connectivity index is 1.45. The number of carbonyl (C=O) groups is 1. The van der Waals surface area contributed by atoms with Crippen LogP contribution in [0.2, 0.25) is 5.15 Å². The van der Waals surface area contributed by atoms with Crippen LogP contribution in [0.5, 0.6) is 0 Å². The average molecular weight is 467 g/mol. The van der Waals surface area contributed by atoms with Crippen molar-refractivity contribution < 1.29 is 13.2 Å². The number of hydrogen-bond donors (Lipinski definition) is 5. The Labute approximate surface area is 184 Å². The van der Waals surface area contributed by atoms with E-state index in [-0.39, 0.29) is 40.2 Å². The van der Waals surface area contributed by atoms with Gasteiger partial charge in [0.1, 0.15) is 0 Å². The summed E-state index contributed by atoms with van der Waals surface area (Å²) in [5, 5.41) is 5.92. The predicted molar refractivity (Wildman–Crippen MR) is 119 cm³/mol. The number of benzene rings is 1. The van der Waals surface area contributed by atoms with Gasteiger partial charge >= 0.3 is 5.91 Å². The zero-order valence-corrected chi connectivity index (χ0v) is 18.1. The second kappa shape index (κ2) is 9.90. The molecule has 11 nitrogen and oxygen atoms in total. The molecule has 1 aliphatic rings. The summed E-state index contributed by atoms with van der Waals surface area (Å²) in [4.78, 5) is 23.8. The van der Waals surface area contributed by atoms with Crippen LogP contribution in [0.1, 0.15) is 28.9 Å². The quantitative estimate of drug-likeness (QED) is 0.341. The van der Waals surface area contributed by atoms with Crippen molar-refractivity contribution in [3.63, 3.8) is 0 Å². The Kier molecular flexibility index (Phi) is 7.25. The fraction of sp³-hybridized carbons (Fsp3) is 0.333. The molecule has 2 aromatic rings. The first-order chi connectivity index (χ1) is 14.7. The van der Waals surface area contributed by atoms with E-state index in [1.165, 1.54) is 0 Å². The minimum Gasteiger partial charge on any atom is -0.382 e. The van der Waals surface area contributed by atoms with Crippen LogP contribution in [0.15, 0.2) is 35.3 Å². The van der Waals surface area contributed by atoms with Crippen molar-refractivity contribution in [3.8, 4) is 0 Å². The van der Waals surface area contributed by atoms with E-state index in [1.807, 2.05) is 6.07 Å². The number of carbonyl (C=O) groups excluding carboxylic acids is 1. The van der Waals surface area contributed by atoms with Gasteiger partial charge < -0.3 is 22.1 Å². The van der Waals surface area contributed by atoms with Gasteiger partial charge in [0.25, 0.3) is 0 Å². The number of halogens is 1. The van der Waals surface area contributed by atoms with Crippen molar-refractivity contribution in [2.24, 2.45) is 4.99 Å². The topological polar surface area (TPSA) is 177 Å². The second-order valence-corrected chi connectivity index (χ2v) is 9.07. The van der Waals surface area contributed by atoms with Crippen LogP contribution < -0.4 is 26.8 Å². The van der Waals surface area contributed by atoms with Crippen LogP contribution in [-0.4, -0.2) is 49.4 Å². The zero-order chi connectivity index (χ0) is 22.4. The van der Waals surface area contributed by atoms with Crippen LogP contribution >= 0.6 is 11.6 Å². The van der Waals surface area contributed by atoms with Gasteiger partial charge in [0.05, 0.1) is 5.75 Å². The SMILES string of the molecule is Nc1nc(N)c(C(=O)/N=C2\NC[C@@H](CCCNS(=O)(=O)Cc3ccccc3)N2)nc1Cl. The van der Waals surface area contributed by atoms with Crippen LogP contribution in [0.25, 0.3) is 0 Å². The number of nitrogens with two attached hydrogens (primary N) is 2. The Hall–Kier alpha value is -2.96. The van der Waals surface area contributed by atoms with E-state index < -0.39 is 15.9 Å². The van der Waals surface area contributed by atoms with Crippen molar-refractivity contribution in [2.45, 2.75) is 24.6 Å². The first-order valence-electron chi connectivity index (χ1n) is 9.46. The fourth-order valence-electron chi connectivity index (χ4n) is 2.94. The van der Waals surface area contributed by atoms with Gasteiger partial charge in [0, 0.05) is 19.1 Å². The average Bonchev–Trinajstić information content (AvgIpc) is 3.15. The Morgan fingerprint density at radius 3 is 2.71 bits per heavy atom. The summed E-state index contributed by atoms with van der Waals surface area (Å²) >= 11 is 5.78. The molecule has 0 bridgehead atoms. The minimum atomic E-state index is -3.40. The highest BCUT2D eigenvalue weighted by molar-refractivity contribution is 7.88. The molecule has 31 heavy (non-hydrogen) atoms. The minimum absolute atomic E-state index is 0.0105. The standard InChI is InChI=1S/C18H23ClN8O3S/c19-14-16(21)26-15(20)13(25-14)17(28)27-18-22-9-12(24-18)7-4-8-23-31(29,30)10-11-5-2-1-3-6-11/h1-3,5-6,12,23H,4,7-10H2,(H4,20,21,26)(H2,22,24,27,28)/t12-/m1/s1. The molecule has 1 atom stereocenters. The molecule has 0 spiro atoms. The molecule has 2 heterocycles. The molecule has 13 heteroatoms. The third-order valence-corrected chi connectivity index (χ3v) is 6.06. The number of sulfonamides is 1. The summed E-state index contributed by atoms with van der Waals surface area (Å²) in [6.07, 6.45) is 1.28. The maximum Gasteiger partial charge on any atom is 0.302 e. The number of aliphatic imine (C=N–C) groups is 1. The number of nitrogen functional groups attached to an aromatic ring is 2. The Morgan fingerprint density at radius 1 is 1.23 bits per heavy atom. The number of guanidine groups is 1. The molecule has 166 valence electrons. The third-order valence-electron chi connectivity index (χ3n) is 4.43. The zero-order valence-electron chi connectivity index (χ0n) is 16.5. The summed E-state index contributed by atoms with van der Waals surface area (Å²) in [7, 11) is -3.40. The molecule has 0 aliphatic carbocycles. The first-order valence-corrected chi connectivity index (χ1v) is 11.5. The number of aromatic nitrogens is 2. The highest BCUT2D eigenvalue weighted by Crippen LogP contribution is 2.18. The van der Waals surface area contributed by atoms with Gasteiger partial charge in [0.2, 0.25) is 10.0 Å². The third kappa shape index (κ3) is 6.51. The van der Waals surface area contributed by atoms with Crippen molar-refractivity contribution in [1.29, 1.82) is 0 Å². The van der Waals surface area contributed by atoms with E-state index in [9.17, 15) is 13.2 Å². The summed E-state index contributed by atoms with van der Waals surface area (Å²) in [5.41, 5.74) is 11.7. The van der Waals surface area contributed by atoms with Crippen LogP contribution in [0.3, 0.4) is 0 Å². The first kappa shape index (κ1) is 22.7. The summed E-state index contributed by atoms with van der Waals surface area (Å²) in [6.45, 7) is 0.849. The molecule has 7 N–H and O–H groups in total. The second-order valence-electron chi connectivity index (χ2n) is 6.90. The normalized spacial score (nSPS) is 17.3. The van der Waals surface area contributed by atoms with Crippen molar-refractivity contribution >= 4 is 45.1 Å². The van der Waals surface area contributed by atoms with Crippen molar-refractivity contribution in [3.05, 3.63) is 46.7 Å². The largest absolute Gasteiger partial charge is 0.382 e. The van der Waals surface area contributed by atoms with E-state index >= 15 is 0 Å². The van der Waals surface area contributed by atoms with E-state index in [0.29, 0.717) is 25.9 Å². The number of hydrogen-bond acceptors (Lipinski definition) is 7. The molecule has 1 fully saturated rings. The van der Waals surface area contributed by atoms with E-state index in [0.717, 1.165) is 5.56 Å². The Bertz CT molecular complexity index is 1080. The molecule has 1 aromatic heterocycles. The van der Waals surface area contributed by atoms with E-state index in [1.54, 1.807) is 24.3 Å². The van der Waals surface area contributed by atoms with Crippen LogP contribution in [0.4, 0.5) is 11.6 Å². The van der Waals surface area contributed by atoms with Crippen LogP contribution in [-0.2, 0) is 15.8 Å². The molecular formula is C18H23ClN8O3S. The van der Waals surface area contributed by atoms with E-state index in [2.05, 4.69) is 30.3 Å². The predicted octanol–water partition coefficient (Wildman–Crippen LogP) is 0.252. The monoisotopic (exact) mass is 466 g/mol. The smallest absolute Gasteiger partial charge is 0.302 e. The van der Waals surface area contributed by atoms with Crippen molar-refractivity contribution in [1.82, 2.24) is 25.3 Å². The van der Waals surface area contributed by atoms with E-state index in [4.69, 9.17) is 23.1 Å². The molecule has 0 saturated carbocycles. The maximum atomic E-state index is 12.3. The number of amides is 1. The molecule has 1 aromatic carbocycles. The number of anilines is 2. The molecule has 0 unspecified atom stereocenters. The highest BCUT2D eigenvalue weighted by atomic mass is 35.5. The molecule has 1 saturated heterocycles. The highest BCUT2D eigenvalue weighted by Gasteiger charge is 2.22. The Morgan fingerprint density at radius 2 is 1.97 bits per heavy atom. The summed E-state index contributed by atoms with van der Waals surface area (Å²) in [5.74, 6) is -0.726. The van der Waals surface area contributed by atoms with Gasteiger partial charge in [-0.2, -0.15) is 4.99 Å². The molecule has 3 rings (SSSR count). The van der Waals surface area contributed by atoms with Gasteiger partial charge in [-0.15, -0.1) is 0 Å². The van der Waals surface area contributed by atoms with Gasteiger partial charge in [-0.3, -0.25) is 4.79 Å². The van der Waals surface area contributed by atoms with Gasteiger partial charge in [0.15, 0.2) is 28.4 Å². The molecule has 1 amide bonds. The molecule has 0 radical (unpaired) electrons. The van der Waals surface area contributed by atoms with Gasteiger partial charge in [-0.05, 0) is 18.4 Å². The lowest BCUT2D eigenvalue weighted by Crippen LogP contribution is -2.31. The lowest BCUT2D eigenvalue weighted by molar-refractivity contribution is 0.0998. The maximum absolute atomic E-state index is 12.3. The molecular weight excluding hydrogens is 444 g/mol. The number of nitrogens with one attached hydrogen (secondary N) is 3. The number of nitrogens with zero attached hydrogens (tertiary/aromatic N) is 3. The lowest BCUT2D eigenvalue weighted by Gasteiger charge is -2.10. The summed E-state index contributed by atoms with van der Waals surface area (Å²) < 4.78 is 26.9. The fourth-order valence-corrected chi connectivity index (χ4v) is 4.25. The molecule has 1 aliphatic heterocycles. The summed E-state index contributed by atoms with van der Waals surface area (Å²) in [6, 6.07) is 8.97. The van der Waals surface area contributed by atoms with Crippen LogP contribution in [0, 0.1) is 0 Å².